The minimum absolute atomic E-state index is 0.300. The second-order valence-electron chi connectivity index (χ2n) is 8.20. The fourth-order valence-corrected chi connectivity index (χ4v) is 5.02. The minimum atomic E-state index is -1.06. The highest BCUT2D eigenvalue weighted by Crippen LogP contribution is 2.27. The van der Waals surface area contributed by atoms with Crippen molar-refractivity contribution in [1.82, 2.24) is 4.57 Å². The van der Waals surface area contributed by atoms with Crippen molar-refractivity contribution in [3.8, 4) is 11.5 Å². The summed E-state index contributed by atoms with van der Waals surface area (Å²) >= 11 is 24.0. The van der Waals surface area contributed by atoms with Gasteiger partial charge in [0.15, 0.2) is 12.7 Å². The van der Waals surface area contributed by atoms with Crippen molar-refractivity contribution in [3.63, 3.8) is 0 Å². The molecule has 0 spiro atoms. The molecule has 42 heavy (non-hydrogen) atoms. The average Bonchev–Trinajstić information content (AvgIpc) is 3.21. The molecule has 0 saturated heterocycles. The van der Waals surface area contributed by atoms with E-state index in [9.17, 15) is 19.2 Å². The molecule has 0 bridgehead atoms. The number of hydrogen-bond donors (Lipinski definition) is 3. The Hall–Kier alpha value is -3.48. The summed E-state index contributed by atoms with van der Waals surface area (Å²) in [5.41, 5.74) is 1.32. The number of ether oxygens (including phenoxy) is 2. The molecule has 0 fully saturated rings. The highest BCUT2D eigenvalue weighted by Gasteiger charge is 2.14. The van der Waals surface area contributed by atoms with Crippen molar-refractivity contribution < 1.29 is 39.2 Å². The molecule has 0 radical (unpaired) electrons. The molecule has 3 aromatic carbocycles. The SMILES string of the molecule is Cc1cc(Cl)ccc1OC(C)C(=O)O.O=C(O)COc1ccc(Cl)cc1Cl.O=C(O)Cn1c(=O)sc2cccc(Cl)c21. The third kappa shape index (κ3) is 10.7. The number of carboxylic acids is 3. The molecule has 224 valence electrons. The lowest BCUT2D eigenvalue weighted by molar-refractivity contribution is -0.144. The number of aliphatic carboxylic acids is 3. The Balaban J connectivity index is 0.000000221. The molecule has 3 N–H and O–H groups in total. The summed E-state index contributed by atoms with van der Waals surface area (Å²) in [4.78, 5) is 42.4. The average molecular weight is 679 g/mol. The Morgan fingerprint density at radius 1 is 0.881 bits per heavy atom. The van der Waals surface area contributed by atoms with Crippen LogP contribution < -0.4 is 14.3 Å². The maximum Gasteiger partial charge on any atom is 0.344 e. The molecule has 1 aromatic heterocycles. The van der Waals surface area contributed by atoms with Crippen molar-refractivity contribution in [1.29, 1.82) is 0 Å². The van der Waals surface area contributed by atoms with E-state index in [1.165, 1.54) is 23.6 Å². The summed E-state index contributed by atoms with van der Waals surface area (Å²) in [7, 11) is 0. The zero-order valence-corrected chi connectivity index (χ0v) is 25.7. The Morgan fingerprint density at radius 3 is 2.05 bits per heavy atom. The standard InChI is InChI=1S/C10H11ClO3.C9H6ClNO3S.C8H6Cl2O3/c1-6-5-8(11)3-4-9(6)14-7(2)10(12)13;10-5-2-1-3-6-8(5)11(4-7(12)13)9(14)15-6;9-5-1-2-7(6(10)3-5)13-4-8(11)12/h3-5,7H,1-2H3,(H,12,13);1-3H,4H2,(H,12,13);1-3H,4H2,(H,11,12). The number of fused-ring (bicyclic) bond motifs is 1. The number of carbonyl (C=O) groups is 3. The molecular weight excluding hydrogens is 656 g/mol. The van der Waals surface area contributed by atoms with Crippen molar-refractivity contribution in [3.05, 3.63) is 89.9 Å². The molecular formula is C27H23Cl4NO9S. The first-order chi connectivity index (χ1) is 19.7. The van der Waals surface area contributed by atoms with E-state index in [0.717, 1.165) is 16.9 Å². The normalized spacial score (nSPS) is 10.9. The topological polar surface area (TPSA) is 152 Å². The summed E-state index contributed by atoms with van der Waals surface area (Å²) in [5, 5.41) is 27.4. The van der Waals surface area contributed by atoms with E-state index >= 15 is 0 Å². The largest absolute Gasteiger partial charge is 0.480 e. The van der Waals surface area contributed by atoms with Gasteiger partial charge in [0, 0.05) is 10.0 Å². The van der Waals surface area contributed by atoms with E-state index in [1.54, 1.807) is 42.5 Å². The van der Waals surface area contributed by atoms with Crippen LogP contribution in [0.1, 0.15) is 12.5 Å². The number of halogens is 4. The van der Waals surface area contributed by atoms with Crippen LogP contribution in [-0.2, 0) is 20.9 Å². The Labute approximate surface area is 263 Å². The van der Waals surface area contributed by atoms with Crippen LogP contribution in [0.3, 0.4) is 0 Å². The van der Waals surface area contributed by atoms with E-state index in [-0.39, 0.29) is 11.4 Å². The summed E-state index contributed by atoms with van der Waals surface area (Å²) in [6.07, 6.45) is -0.852. The lowest BCUT2D eigenvalue weighted by Crippen LogP contribution is -2.23. The fourth-order valence-electron chi connectivity index (χ4n) is 3.08. The van der Waals surface area contributed by atoms with Crippen LogP contribution >= 0.6 is 57.7 Å². The monoisotopic (exact) mass is 677 g/mol. The molecule has 1 heterocycles. The minimum Gasteiger partial charge on any atom is -0.480 e. The molecule has 1 atom stereocenters. The Kier molecular flexibility index (Phi) is 13.4. The summed E-state index contributed by atoms with van der Waals surface area (Å²) < 4.78 is 11.9. The molecule has 0 amide bonds. The molecule has 0 aliphatic heterocycles. The van der Waals surface area contributed by atoms with Gasteiger partial charge in [-0.2, -0.15) is 0 Å². The van der Waals surface area contributed by atoms with Crippen LogP contribution in [0.15, 0.2) is 59.4 Å². The van der Waals surface area contributed by atoms with Crippen molar-refractivity contribution in [2.45, 2.75) is 26.5 Å². The smallest absolute Gasteiger partial charge is 0.344 e. The molecule has 0 saturated carbocycles. The van der Waals surface area contributed by atoms with Gasteiger partial charge in [-0.15, -0.1) is 0 Å². The van der Waals surface area contributed by atoms with Crippen LogP contribution in [-0.4, -0.2) is 50.5 Å². The summed E-state index contributed by atoms with van der Waals surface area (Å²) in [5.74, 6) is -2.24. The third-order valence-electron chi connectivity index (χ3n) is 4.96. The van der Waals surface area contributed by atoms with E-state index < -0.39 is 30.6 Å². The number of thiazole rings is 1. The van der Waals surface area contributed by atoms with Crippen LogP contribution in [0.2, 0.25) is 20.1 Å². The van der Waals surface area contributed by atoms with Gasteiger partial charge in [0.1, 0.15) is 18.0 Å². The van der Waals surface area contributed by atoms with Crippen molar-refractivity contribution >= 4 is 85.9 Å². The van der Waals surface area contributed by atoms with Gasteiger partial charge in [-0.25, -0.2) is 9.59 Å². The molecule has 0 aliphatic rings. The highest BCUT2D eigenvalue weighted by atomic mass is 35.5. The van der Waals surface area contributed by atoms with Crippen molar-refractivity contribution in [2.75, 3.05) is 6.61 Å². The van der Waals surface area contributed by atoms with Crippen LogP contribution in [0.25, 0.3) is 10.2 Å². The third-order valence-corrected chi connectivity index (χ3v) is 6.98. The highest BCUT2D eigenvalue weighted by molar-refractivity contribution is 7.16. The number of aryl methyl sites for hydroxylation is 1. The Morgan fingerprint density at radius 2 is 1.50 bits per heavy atom. The van der Waals surface area contributed by atoms with Gasteiger partial charge in [-0.1, -0.05) is 63.8 Å². The van der Waals surface area contributed by atoms with Crippen LogP contribution in [0.4, 0.5) is 0 Å². The zero-order valence-electron chi connectivity index (χ0n) is 21.8. The number of hydrogen-bond acceptors (Lipinski definition) is 7. The molecule has 4 rings (SSSR count). The predicted octanol–water partition coefficient (Wildman–Crippen LogP) is 6.76. The predicted molar refractivity (Wildman–Crippen MR) is 162 cm³/mol. The number of aromatic nitrogens is 1. The number of benzene rings is 3. The number of para-hydroxylation sites is 1. The van der Waals surface area contributed by atoms with Gasteiger partial charge in [-0.3, -0.25) is 14.2 Å². The van der Waals surface area contributed by atoms with E-state index in [1.807, 2.05) is 6.92 Å². The maximum atomic E-state index is 11.5. The number of nitrogens with zero attached hydrogens (tertiary/aromatic N) is 1. The first-order valence-electron chi connectivity index (χ1n) is 11.6. The van der Waals surface area contributed by atoms with E-state index in [4.69, 9.17) is 71.2 Å². The van der Waals surface area contributed by atoms with Crippen molar-refractivity contribution in [2.24, 2.45) is 0 Å². The summed E-state index contributed by atoms with van der Waals surface area (Å²) in [6, 6.07) is 14.7. The number of carboxylic acid groups (broad SMARTS) is 3. The maximum absolute atomic E-state index is 11.5. The van der Waals surface area contributed by atoms with Gasteiger partial charge in [-0.05, 0) is 67.9 Å². The molecule has 0 aliphatic carbocycles. The lowest BCUT2D eigenvalue weighted by atomic mass is 10.2. The van der Waals surface area contributed by atoms with E-state index in [2.05, 4.69) is 0 Å². The zero-order chi connectivity index (χ0) is 31.6. The van der Waals surface area contributed by atoms with Gasteiger partial charge < -0.3 is 24.8 Å². The fraction of sp³-hybridized carbons (Fsp3) is 0.185. The van der Waals surface area contributed by atoms with E-state index in [0.29, 0.717) is 41.8 Å². The second-order valence-corrected chi connectivity index (χ2v) is 10.9. The summed E-state index contributed by atoms with van der Waals surface area (Å²) in [6.45, 7) is 2.52. The Bertz CT molecular complexity index is 1640. The first-order valence-corrected chi connectivity index (χ1v) is 14.0. The molecule has 4 aromatic rings. The quantitative estimate of drug-likeness (QED) is 0.184. The number of rotatable bonds is 8. The van der Waals surface area contributed by atoms with Gasteiger partial charge >= 0.3 is 22.8 Å². The lowest BCUT2D eigenvalue weighted by Gasteiger charge is -2.12. The first kappa shape index (κ1) is 34.7. The molecule has 1 unspecified atom stereocenters. The van der Waals surface area contributed by atoms with Gasteiger partial charge in [0.05, 0.1) is 20.3 Å². The molecule has 15 heteroatoms. The van der Waals surface area contributed by atoms with Gasteiger partial charge in [0.25, 0.3) is 0 Å². The molecule has 10 nitrogen and oxygen atoms in total. The second kappa shape index (κ2) is 16.2. The van der Waals surface area contributed by atoms with Crippen LogP contribution in [0, 0.1) is 6.92 Å². The van der Waals surface area contributed by atoms with Gasteiger partial charge in [0.2, 0.25) is 0 Å². The van der Waals surface area contributed by atoms with Crippen LogP contribution in [0.5, 0.6) is 11.5 Å².